The molecule has 2 aromatic carbocycles. The van der Waals surface area contributed by atoms with Gasteiger partial charge in [0.2, 0.25) is 0 Å². The third-order valence-corrected chi connectivity index (χ3v) is 5.46. The van der Waals surface area contributed by atoms with Crippen molar-refractivity contribution in [2.45, 2.75) is 6.54 Å². The molecule has 0 atom stereocenters. The Labute approximate surface area is 155 Å². The van der Waals surface area contributed by atoms with E-state index < -0.39 is 0 Å². The smallest absolute Gasteiger partial charge is 0.131 e. The molecule has 26 heavy (non-hydrogen) atoms. The van der Waals surface area contributed by atoms with E-state index in [1.54, 1.807) is 12.1 Å². The topological polar surface area (TPSA) is 9.72 Å². The monoisotopic (exact) mass is 351 g/mol. The van der Waals surface area contributed by atoms with E-state index in [9.17, 15) is 4.39 Å². The van der Waals surface area contributed by atoms with Gasteiger partial charge in [0.05, 0.1) is 0 Å². The van der Waals surface area contributed by atoms with E-state index in [4.69, 9.17) is 0 Å². The van der Waals surface area contributed by atoms with E-state index in [0.29, 0.717) is 5.56 Å². The zero-order valence-corrected chi connectivity index (χ0v) is 15.6. The van der Waals surface area contributed by atoms with Gasteiger partial charge in [-0.1, -0.05) is 30.3 Å². The van der Waals surface area contributed by atoms with Crippen LogP contribution in [0.25, 0.3) is 5.57 Å². The van der Waals surface area contributed by atoms with Gasteiger partial charge in [0.25, 0.3) is 0 Å². The van der Waals surface area contributed by atoms with Crippen molar-refractivity contribution in [3.8, 4) is 0 Å². The average Bonchev–Trinajstić information content (AvgIpc) is 2.80. The molecule has 0 saturated carbocycles. The zero-order chi connectivity index (χ0) is 18.1. The van der Waals surface area contributed by atoms with Crippen LogP contribution in [0, 0.1) is 5.82 Å². The van der Waals surface area contributed by atoms with Crippen LogP contribution in [0.1, 0.15) is 16.7 Å². The molecule has 0 N–H and O–H groups in total. The number of benzene rings is 2. The first-order chi connectivity index (χ1) is 12.6. The quantitative estimate of drug-likeness (QED) is 0.820. The minimum absolute atomic E-state index is 0.155. The Balaban J connectivity index is 1.72. The van der Waals surface area contributed by atoms with E-state index >= 15 is 0 Å². The molecule has 0 aliphatic carbocycles. The fraction of sp³-hybridized carbons (Fsp3) is 0.364. The lowest BCUT2D eigenvalue weighted by molar-refractivity contribution is 0.312. The highest BCUT2D eigenvalue weighted by molar-refractivity contribution is 5.83. The lowest BCUT2D eigenvalue weighted by Gasteiger charge is -2.34. The van der Waals surface area contributed by atoms with Crippen molar-refractivity contribution in [3.05, 3.63) is 71.0 Å². The van der Waals surface area contributed by atoms with Crippen molar-refractivity contribution in [2.24, 2.45) is 0 Å². The van der Waals surface area contributed by atoms with Gasteiger partial charge in [-0.05, 0) is 49.0 Å². The summed E-state index contributed by atoms with van der Waals surface area (Å²) in [6.45, 7) is 6.00. The molecule has 0 spiro atoms. The van der Waals surface area contributed by atoms with Gasteiger partial charge in [-0.25, -0.2) is 4.39 Å². The number of nitrogens with zero attached hydrogens (tertiary/aromatic N) is 3. The largest absolute Gasteiger partial charge is 0.369 e. The Morgan fingerprint density at radius 1 is 0.846 bits per heavy atom. The van der Waals surface area contributed by atoms with Gasteiger partial charge in [0, 0.05) is 50.5 Å². The fourth-order valence-corrected chi connectivity index (χ4v) is 3.88. The van der Waals surface area contributed by atoms with Crippen LogP contribution in [-0.2, 0) is 6.54 Å². The van der Waals surface area contributed by atoms with Gasteiger partial charge in [-0.2, -0.15) is 0 Å². The van der Waals surface area contributed by atoms with Crippen molar-refractivity contribution in [3.63, 3.8) is 0 Å². The molecule has 0 bridgehead atoms. The number of halogens is 1. The molecule has 2 heterocycles. The van der Waals surface area contributed by atoms with Crippen LogP contribution >= 0.6 is 0 Å². The third kappa shape index (κ3) is 3.39. The first kappa shape index (κ1) is 17.3. The van der Waals surface area contributed by atoms with E-state index in [2.05, 4.69) is 53.1 Å². The molecule has 4 rings (SSSR count). The number of hydrogen-bond acceptors (Lipinski definition) is 3. The van der Waals surface area contributed by atoms with E-state index in [1.807, 2.05) is 12.1 Å². The maximum atomic E-state index is 14.4. The van der Waals surface area contributed by atoms with E-state index in [0.717, 1.165) is 50.4 Å². The lowest BCUT2D eigenvalue weighted by Crippen LogP contribution is -2.44. The molecule has 0 radical (unpaired) electrons. The van der Waals surface area contributed by atoms with Gasteiger partial charge in [-0.15, -0.1) is 0 Å². The number of hydrogen-bond donors (Lipinski definition) is 0. The summed E-state index contributed by atoms with van der Waals surface area (Å²) < 4.78 is 14.4. The van der Waals surface area contributed by atoms with Crippen LogP contribution < -0.4 is 4.90 Å². The molecule has 1 saturated heterocycles. The molecule has 0 aromatic heterocycles. The highest BCUT2D eigenvalue weighted by atomic mass is 19.1. The van der Waals surface area contributed by atoms with Gasteiger partial charge < -0.3 is 9.80 Å². The fourth-order valence-electron chi connectivity index (χ4n) is 3.88. The summed E-state index contributed by atoms with van der Waals surface area (Å²) in [5.74, 6) is -0.155. The van der Waals surface area contributed by atoms with Crippen molar-refractivity contribution in [2.75, 3.05) is 51.7 Å². The van der Waals surface area contributed by atoms with Crippen LogP contribution in [0.5, 0.6) is 0 Å². The number of piperazine rings is 1. The molecule has 136 valence electrons. The predicted octanol–water partition coefficient (Wildman–Crippen LogP) is 3.45. The first-order valence-corrected chi connectivity index (χ1v) is 9.32. The molecule has 3 nitrogen and oxygen atoms in total. The summed E-state index contributed by atoms with van der Waals surface area (Å²) in [5.41, 5.74) is 5.40. The van der Waals surface area contributed by atoms with E-state index in [-0.39, 0.29) is 5.82 Å². The molecule has 2 aromatic rings. The number of likely N-dealkylation sites (N-methyl/N-ethyl adjacent to an activating group) is 2. The normalized spacial score (nSPS) is 19.0. The zero-order valence-electron chi connectivity index (χ0n) is 15.6. The van der Waals surface area contributed by atoms with Gasteiger partial charge >= 0.3 is 0 Å². The molecule has 0 unspecified atom stereocenters. The molecule has 0 amide bonds. The second-order valence-corrected chi connectivity index (χ2v) is 7.43. The van der Waals surface area contributed by atoms with Gasteiger partial charge in [-0.3, -0.25) is 4.90 Å². The second kappa shape index (κ2) is 7.22. The van der Waals surface area contributed by atoms with E-state index in [1.165, 1.54) is 11.3 Å². The first-order valence-electron chi connectivity index (χ1n) is 9.32. The molecule has 2 aliphatic rings. The molecular formula is C22H26FN3. The van der Waals surface area contributed by atoms with Crippen LogP contribution in [0.15, 0.2) is 48.5 Å². The minimum Gasteiger partial charge on any atom is -0.369 e. The maximum Gasteiger partial charge on any atom is 0.131 e. The van der Waals surface area contributed by atoms with Crippen LogP contribution in [0.4, 0.5) is 10.1 Å². The summed E-state index contributed by atoms with van der Waals surface area (Å²) in [6.07, 6.45) is 2.15. The Bertz CT molecular complexity index is 822. The molecular weight excluding hydrogens is 325 g/mol. The van der Waals surface area contributed by atoms with Crippen LogP contribution in [0.2, 0.25) is 0 Å². The van der Waals surface area contributed by atoms with Gasteiger partial charge in [0.1, 0.15) is 5.82 Å². The highest BCUT2D eigenvalue weighted by Gasteiger charge is 2.20. The minimum atomic E-state index is -0.155. The summed E-state index contributed by atoms with van der Waals surface area (Å²) in [5, 5.41) is 0. The van der Waals surface area contributed by atoms with Crippen LogP contribution in [0.3, 0.4) is 0 Å². The number of rotatable bonds is 2. The Morgan fingerprint density at radius 3 is 2.38 bits per heavy atom. The third-order valence-electron chi connectivity index (χ3n) is 5.46. The van der Waals surface area contributed by atoms with Crippen molar-refractivity contribution in [1.82, 2.24) is 9.80 Å². The number of anilines is 1. The summed E-state index contributed by atoms with van der Waals surface area (Å²) in [6, 6.07) is 13.8. The predicted molar refractivity (Wildman–Crippen MR) is 106 cm³/mol. The summed E-state index contributed by atoms with van der Waals surface area (Å²) in [7, 11) is 4.29. The molecule has 4 heteroatoms. The van der Waals surface area contributed by atoms with Crippen molar-refractivity contribution < 1.29 is 4.39 Å². The van der Waals surface area contributed by atoms with Crippen molar-refractivity contribution in [1.29, 1.82) is 0 Å². The maximum absolute atomic E-state index is 14.4. The number of fused-ring (bicyclic) bond motifs is 1. The molecule has 1 fully saturated rings. The SMILES string of the molecule is CN1CCN(c2ccc3c(c2)CN(C)CC=C3c2ccccc2F)CC1. The standard InChI is InChI=1S/C22H26FN3/c1-24-11-13-26(14-12-24)18-7-8-19-17(15-18)16-25(2)10-9-20(19)21-5-3-4-6-22(21)23/h3-9,15H,10-14,16H2,1-2H3. The Hall–Kier alpha value is -2.17. The summed E-state index contributed by atoms with van der Waals surface area (Å²) >= 11 is 0. The lowest BCUT2D eigenvalue weighted by atomic mass is 9.93. The Morgan fingerprint density at radius 2 is 1.62 bits per heavy atom. The van der Waals surface area contributed by atoms with Crippen LogP contribution in [-0.4, -0.2) is 56.6 Å². The molecule has 2 aliphatic heterocycles. The Kier molecular flexibility index (Phi) is 4.79. The summed E-state index contributed by atoms with van der Waals surface area (Å²) in [4.78, 5) is 7.10. The highest BCUT2D eigenvalue weighted by Crippen LogP contribution is 2.33. The van der Waals surface area contributed by atoms with Crippen molar-refractivity contribution >= 4 is 11.3 Å². The van der Waals surface area contributed by atoms with Gasteiger partial charge in [0.15, 0.2) is 0 Å². The average molecular weight is 351 g/mol. The second-order valence-electron chi connectivity index (χ2n) is 7.43.